The molecule has 1 rings (SSSR count). The normalized spacial score (nSPS) is 25.5. The molecule has 0 aromatic carbocycles. The first kappa shape index (κ1) is 12.5. The Hall–Kier alpha value is -0.570. The first-order valence-electron chi connectivity index (χ1n) is 6.25. The molecule has 0 saturated carbocycles. The summed E-state index contributed by atoms with van der Waals surface area (Å²) >= 11 is 0. The molecule has 1 saturated heterocycles. The average molecular weight is 212 g/mol. The van der Waals surface area contributed by atoms with Crippen molar-refractivity contribution in [3.63, 3.8) is 0 Å². The highest BCUT2D eigenvalue weighted by Crippen LogP contribution is 2.17. The van der Waals surface area contributed by atoms with Crippen LogP contribution in [0.4, 0.5) is 0 Å². The molecule has 3 nitrogen and oxygen atoms in total. The van der Waals surface area contributed by atoms with Gasteiger partial charge >= 0.3 is 0 Å². The Balaban J connectivity index is 2.11. The predicted molar refractivity (Wildman–Crippen MR) is 62.8 cm³/mol. The fraction of sp³-hybridized carbons (Fsp3) is 0.917. The summed E-state index contributed by atoms with van der Waals surface area (Å²) in [6.45, 7) is 2.23. The lowest BCUT2D eigenvalue weighted by atomic mass is 10.1. The lowest BCUT2D eigenvalue weighted by molar-refractivity contribution is -0.122. The Kier molecular flexibility index (Phi) is 5.69. The highest BCUT2D eigenvalue weighted by atomic mass is 16.2. The highest BCUT2D eigenvalue weighted by molar-refractivity contribution is 5.81. The van der Waals surface area contributed by atoms with Crippen molar-refractivity contribution in [1.82, 2.24) is 10.6 Å². The Morgan fingerprint density at radius 2 is 2.13 bits per heavy atom. The van der Waals surface area contributed by atoms with E-state index in [0.717, 1.165) is 12.8 Å². The smallest absolute Gasteiger partial charge is 0.236 e. The van der Waals surface area contributed by atoms with Gasteiger partial charge < -0.3 is 10.6 Å². The highest BCUT2D eigenvalue weighted by Gasteiger charge is 2.27. The van der Waals surface area contributed by atoms with Gasteiger partial charge in [-0.2, -0.15) is 0 Å². The summed E-state index contributed by atoms with van der Waals surface area (Å²) in [6.07, 6.45) is 8.64. The van der Waals surface area contributed by atoms with Gasteiger partial charge in [0.2, 0.25) is 5.91 Å². The maximum absolute atomic E-state index is 11.4. The first-order chi connectivity index (χ1) is 7.27. The number of hydrogen-bond donors (Lipinski definition) is 2. The van der Waals surface area contributed by atoms with Gasteiger partial charge in [-0.1, -0.05) is 32.6 Å². The van der Waals surface area contributed by atoms with Crippen LogP contribution in [0.2, 0.25) is 0 Å². The lowest BCUT2D eigenvalue weighted by Crippen LogP contribution is -2.41. The summed E-state index contributed by atoms with van der Waals surface area (Å²) in [5, 5.41) is 6.11. The predicted octanol–water partition coefficient (Wildman–Crippen LogP) is 1.82. The molecule has 1 aliphatic rings. The zero-order chi connectivity index (χ0) is 11.1. The number of carbonyl (C=O) groups is 1. The van der Waals surface area contributed by atoms with Crippen LogP contribution in [0.3, 0.4) is 0 Å². The second-order valence-electron chi connectivity index (χ2n) is 4.46. The Morgan fingerprint density at radius 3 is 2.80 bits per heavy atom. The first-order valence-corrected chi connectivity index (χ1v) is 6.25. The van der Waals surface area contributed by atoms with E-state index < -0.39 is 0 Å². The van der Waals surface area contributed by atoms with Gasteiger partial charge in [0, 0.05) is 13.1 Å². The number of unbranched alkanes of at least 4 members (excludes halogenated alkanes) is 3. The molecule has 0 aliphatic carbocycles. The van der Waals surface area contributed by atoms with Crippen molar-refractivity contribution >= 4 is 5.91 Å². The minimum atomic E-state index is 0.0613. The largest absolute Gasteiger partial charge is 0.358 e. The molecule has 3 heteroatoms. The zero-order valence-electron chi connectivity index (χ0n) is 10.0. The molecule has 0 spiro atoms. The van der Waals surface area contributed by atoms with Crippen LogP contribution in [0.25, 0.3) is 0 Å². The van der Waals surface area contributed by atoms with Crippen molar-refractivity contribution < 1.29 is 4.79 Å². The molecule has 2 N–H and O–H groups in total. The molecule has 88 valence electrons. The van der Waals surface area contributed by atoms with Crippen LogP contribution in [0.15, 0.2) is 0 Å². The fourth-order valence-corrected chi connectivity index (χ4v) is 2.25. The number of likely N-dealkylation sites (N-methyl/N-ethyl adjacent to an activating group) is 1. The second-order valence-corrected chi connectivity index (χ2v) is 4.46. The van der Waals surface area contributed by atoms with Crippen molar-refractivity contribution in [3.8, 4) is 0 Å². The van der Waals surface area contributed by atoms with Gasteiger partial charge in [0.15, 0.2) is 0 Å². The van der Waals surface area contributed by atoms with Crippen LogP contribution in [-0.2, 0) is 4.79 Å². The Labute approximate surface area is 93.0 Å². The number of amides is 1. The third-order valence-corrected chi connectivity index (χ3v) is 3.21. The summed E-state index contributed by atoms with van der Waals surface area (Å²) in [5.74, 6) is 0.144. The minimum Gasteiger partial charge on any atom is -0.358 e. The standard InChI is InChI=1S/C12H24N2O/c1-3-4-5-6-7-10-8-9-11(14-10)12(15)13-2/h10-11,14H,3-9H2,1-2H3,(H,13,15)/t10-,11?/m1/s1. The Morgan fingerprint density at radius 1 is 1.33 bits per heavy atom. The topological polar surface area (TPSA) is 41.1 Å². The molecule has 1 fully saturated rings. The fourth-order valence-electron chi connectivity index (χ4n) is 2.25. The van der Waals surface area contributed by atoms with E-state index in [1.807, 2.05) is 0 Å². The molecule has 0 aromatic heterocycles. The van der Waals surface area contributed by atoms with Crippen LogP contribution in [0.1, 0.15) is 51.9 Å². The molecule has 0 bridgehead atoms. The monoisotopic (exact) mass is 212 g/mol. The van der Waals surface area contributed by atoms with E-state index >= 15 is 0 Å². The van der Waals surface area contributed by atoms with Crippen LogP contribution >= 0.6 is 0 Å². The van der Waals surface area contributed by atoms with Crippen LogP contribution in [0, 0.1) is 0 Å². The maximum Gasteiger partial charge on any atom is 0.236 e. The zero-order valence-corrected chi connectivity index (χ0v) is 10.0. The van der Waals surface area contributed by atoms with E-state index in [4.69, 9.17) is 0 Å². The van der Waals surface area contributed by atoms with Crippen LogP contribution in [-0.4, -0.2) is 25.0 Å². The summed E-state index contributed by atoms with van der Waals surface area (Å²) < 4.78 is 0. The number of carbonyl (C=O) groups excluding carboxylic acids is 1. The third-order valence-electron chi connectivity index (χ3n) is 3.21. The van der Waals surface area contributed by atoms with E-state index in [9.17, 15) is 4.79 Å². The van der Waals surface area contributed by atoms with Crippen molar-refractivity contribution in [1.29, 1.82) is 0 Å². The summed E-state index contributed by atoms with van der Waals surface area (Å²) in [4.78, 5) is 11.4. The van der Waals surface area contributed by atoms with Gasteiger partial charge in [0.05, 0.1) is 6.04 Å². The quantitative estimate of drug-likeness (QED) is 0.659. The molecular formula is C12H24N2O. The van der Waals surface area contributed by atoms with Gasteiger partial charge in [-0.15, -0.1) is 0 Å². The van der Waals surface area contributed by atoms with Gasteiger partial charge in [-0.05, 0) is 19.3 Å². The summed E-state index contributed by atoms with van der Waals surface area (Å²) in [5.41, 5.74) is 0. The molecule has 0 aromatic rings. The SMILES string of the molecule is CCCCCC[C@@H]1CCC(C(=O)NC)N1. The van der Waals surface area contributed by atoms with Crippen LogP contribution < -0.4 is 10.6 Å². The van der Waals surface area contributed by atoms with Gasteiger partial charge in [-0.25, -0.2) is 0 Å². The molecule has 1 aliphatic heterocycles. The van der Waals surface area contributed by atoms with Crippen molar-refractivity contribution in [2.75, 3.05) is 7.05 Å². The summed E-state index contributed by atoms with van der Waals surface area (Å²) in [7, 11) is 1.71. The molecule has 1 amide bonds. The average Bonchev–Trinajstić information content (AvgIpc) is 2.72. The Bertz CT molecular complexity index is 194. The van der Waals surface area contributed by atoms with Crippen molar-refractivity contribution in [3.05, 3.63) is 0 Å². The van der Waals surface area contributed by atoms with Gasteiger partial charge in [0.1, 0.15) is 0 Å². The molecule has 1 heterocycles. The van der Waals surface area contributed by atoms with E-state index in [1.165, 1.54) is 32.1 Å². The van der Waals surface area contributed by atoms with E-state index in [-0.39, 0.29) is 11.9 Å². The number of hydrogen-bond acceptors (Lipinski definition) is 2. The number of rotatable bonds is 6. The number of nitrogens with one attached hydrogen (secondary N) is 2. The van der Waals surface area contributed by atoms with E-state index in [0.29, 0.717) is 6.04 Å². The maximum atomic E-state index is 11.4. The minimum absolute atomic E-state index is 0.0613. The molecule has 15 heavy (non-hydrogen) atoms. The second kappa shape index (κ2) is 6.83. The molecular weight excluding hydrogens is 188 g/mol. The lowest BCUT2D eigenvalue weighted by Gasteiger charge is -2.12. The molecule has 2 atom stereocenters. The van der Waals surface area contributed by atoms with E-state index in [1.54, 1.807) is 7.05 Å². The third kappa shape index (κ3) is 4.20. The van der Waals surface area contributed by atoms with E-state index in [2.05, 4.69) is 17.6 Å². The van der Waals surface area contributed by atoms with Crippen LogP contribution in [0.5, 0.6) is 0 Å². The van der Waals surface area contributed by atoms with Gasteiger partial charge in [0.25, 0.3) is 0 Å². The molecule has 1 unspecified atom stereocenters. The van der Waals surface area contributed by atoms with Crippen molar-refractivity contribution in [2.24, 2.45) is 0 Å². The summed E-state index contributed by atoms with van der Waals surface area (Å²) in [6, 6.07) is 0.635. The van der Waals surface area contributed by atoms with Crippen molar-refractivity contribution in [2.45, 2.75) is 64.0 Å². The molecule has 0 radical (unpaired) electrons. The van der Waals surface area contributed by atoms with Gasteiger partial charge in [-0.3, -0.25) is 4.79 Å².